The lowest BCUT2D eigenvalue weighted by Crippen LogP contribution is -2.19. The fraction of sp³-hybridized carbons (Fsp3) is 0.750. The fourth-order valence-corrected chi connectivity index (χ4v) is 0.441. The molecule has 0 aliphatic heterocycles. The zero-order chi connectivity index (χ0) is 6.20. The molecule has 0 heterocycles. The van der Waals surface area contributed by atoms with Crippen molar-refractivity contribution in [3.63, 3.8) is 0 Å². The SMILES string of the molecule is O=[C]N[C@@H]1CC1(F)F. The Morgan fingerprint density at radius 1 is 1.75 bits per heavy atom. The lowest BCUT2D eigenvalue weighted by atomic mass is 10.7. The highest BCUT2D eigenvalue weighted by Crippen LogP contribution is 2.41. The van der Waals surface area contributed by atoms with Gasteiger partial charge in [0.2, 0.25) is 0 Å². The molecule has 0 bridgehead atoms. The van der Waals surface area contributed by atoms with Crippen LogP contribution >= 0.6 is 0 Å². The van der Waals surface area contributed by atoms with Crippen LogP contribution in [0.2, 0.25) is 0 Å². The summed E-state index contributed by atoms with van der Waals surface area (Å²) in [6, 6.07) is -0.944. The molecule has 2 nitrogen and oxygen atoms in total. The molecule has 0 aromatic carbocycles. The van der Waals surface area contributed by atoms with Crippen LogP contribution in [0.3, 0.4) is 0 Å². The van der Waals surface area contributed by atoms with E-state index in [1.54, 1.807) is 0 Å². The molecule has 0 aromatic rings. The molecular formula is C4H4F2NO. The molecule has 1 amide bonds. The Balaban J connectivity index is 2.26. The van der Waals surface area contributed by atoms with E-state index < -0.39 is 12.0 Å². The molecule has 1 rings (SSSR count). The summed E-state index contributed by atoms with van der Waals surface area (Å²) in [5.74, 6) is -2.66. The van der Waals surface area contributed by atoms with Gasteiger partial charge in [-0.15, -0.1) is 0 Å². The van der Waals surface area contributed by atoms with Gasteiger partial charge in [0.1, 0.15) is 0 Å². The van der Waals surface area contributed by atoms with E-state index in [-0.39, 0.29) is 6.42 Å². The highest BCUT2D eigenvalue weighted by molar-refractivity contribution is 5.49. The molecule has 1 N–H and O–H groups in total. The van der Waals surface area contributed by atoms with Crippen LogP contribution < -0.4 is 5.32 Å². The van der Waals surface area contributed by atoms with Gasteiger partial charge in [-0.05, 0) is 0 Å². The first-order chi connectivity index (χ1) is 3.67. The summed E-state index contributed by atoms with van der Waals surface area (Å²) >= 11 is 0. The van der Waals surface area contributed by atoms with Crippen molar-refractivity contribution < 1.29 is 13.6 Å². The summed E-state index contributed by atoms with van der Waals surface area (Å²) in [6.07, 6.45) is 0.971. The molecule has 4 heteroatoms. The number of hydrogen-bond donors (Lipinski definition) is 1. The molecule has 45 valence electrons. The number of amides is 1. The summed E-state index contributed by atoms with van der Waals surface area (Å²) in [5, 5.41) is 1.85. The Morgan fingerprint density at radius 2 is 2.25 bits per heavy atom. The van der Waals surface area contributed by atoms with Gasteiger partial charge in [0.15, 0.2) is 0 Å². The molecule has 0 saturated heterocycles. The first kappa shape index (κ1) is 5.47. The van der Waals surface area contributed by atoms with Crippen molar-refractivity contribution in [2.24, 2.45) is 0 Å². The molecular weight excluding hydrogens is 116 g/mol. The predicted octanol–water partition coefficient (Wildman–Crippen LogP) is 0.0508. The molecule has 1 fully saturated rings. The van der Waals surface area contributed by atoms with Crippen molar-refractivity contribution >= 4 is 6.41 Å². The third kappa shape index (κ3) is 0.778. The van der Waals surface area contributed by atoms with Crippen molar-refractivity contribution in [2.45, 2.75) is 18.4 Å². The van der Waals surface area contributed by atoms with E-state index in [2.05, 4.69) is 0 Å². The number of hydrogen-bond acceptors (Lipinski definition) is 1. The normalized spacial score (nSPS) is 31.5. The number of rotatable bonds is 2. The van der Waals surface area contributed by atoms with E-state index in [1.807, 2.05) is 5.32 Å². The van der Waals surface area contributed by atoms with Gasteiger partial charge in [-0.1, -0.05) is 0 Å². The van der Waals surface area contributed by atoms with Crippen molar-refractivity contribution in [3.05, 3.63) is 0 Å². The smallest absolute Gasteiger partial charge is 0.309 e. The standard InChI is InChI=1S/C4H4F2NO/c5-4(6)1-3(4)7-2-8/h3H,1H2,(H,7,8)/t3-/m1/s1. The Morgan fingerprint density at radius 3 is 2.38 bits per heavy atom. The molecule has 1 saturated carbocycles. The molecule has 1 aliphatic rings. The van der Waals surface area contributed by atoms with Crippen LogP contribution in [-0.4, -0.2) is 18.4 Å². The average molecular weight is 120 g/mol. The highest BCUT2D eigenvalue weighted by atomic mass is 19.3. The summed E-state index contributed by atoms with van der Waals surface area (Å²) < 4.78 is 23.5. The first-order valence-corrected chi connectivity index (χ1v) is 2.17. The number of carbonyl (C=O) groups excluding carboxylic acids is 1. The van der Waals surface area contributed by atoms with Crippen LogP contribution in [0.4, 0.5) is 8.78 Å². The third-order valence-corrected chi connectivity index (χ3v) is 1.06. The third-order valence-electron chi connectivity index (χ3n) is 1.06. The van der Waals surface area contributed by atoms with Gasteiger partial charge in [-0.25, -0.2) is 8.78 Å². The Bertz CT molecular complexity index is 115. The van der Waals surface area contributed by atoms with Crippen LogP contribution in [0, 0.1) is 0 Å². The predicted molar refractivity (Wildman–Crippen MR) is 22.2 cm³/mol. The Hall–Kier alpha value is -0.670. The van der Waals surface area contributed by atoms with E-state index in [9.17, 15) is 13.6 Å². The average Bonchev–Trinajstić information content (AvgIpc) is 2.15. The molecule has 1 aliphatic carbocycles. The molecule has 0 unspecified atom stereocenters. The second-order valence-electron chi connectivity index (χ2n) is 1.76. The van der Waals surface area contributed by atoms with Gasteiger partial charge in [-0.3, -0.25) is 4.79 Å². The van der Waals surface area contributed by atoms with Gasteiger partial charge >= 0.3 is 6.41 Å². The fourth-order valence-electron chi connectivity index (χ4n) is 0.441. The van der Waals surface area contributed by atoms with Crippen LogP contribution in [-0.2, 0) is 4.79 Å². The largest absolute Gasteiger partial charge is 0.339 e. The molecule has 1 radical (unpaired) electrons. The van der Waals surface area contributed by atoms with E-state index in [0.29, 0.717) is 0 Å². The maximum atomic E-state index is 11.7. The second-order valence-corrected chi connectivity index (χ2v) is 1.76. The van der Waals surface area contributed by atoms with Gasteiger partial charge in [0.25, 0.3) is 5.92 Å². The number of halogens is 2. The zero-order valence-corrected chi connectivity index (χ0v) is 3.95. The number of nitrogens with one attached hydrogen (secondary N) is 1. The van der Waals surface area contributed by atoms with E-state index in [4.69, 9.17) is 0 Å². The monoisotopic (exact) mass is 120 g/mol. The summed E-state index contributed by atoms with van der Waals surface area (Å²) in [5.41, 5.74) is 0. The number of alkyl halides is 2. The summed E-state index contributed by atoms with van der Waals surface area (Å²) in [4.78, 5) is 9.37. The molecule has 1 atom stereocenters. The van der Waals surface area contributed by atoms with E-state index >= 15 is 0 Å². The van der Waals surface area contributed by atoms with Crippen LogP contribution in [0.15, 0.2) is 0 Å². The van der Waals surface area contributed by atoms with Crippen LogP contribution in [0.25, 0.3) is 0 Å². The lowest BCUT2D eigenvalue weighted by Gasteiger charge is -1.89. The minimum atomic E-state index is -2.66. The van der Waals surface area contributed by atoms with Gasteiger partial charge < -0.3 is 5.32 Å². The van der Waals surface area contributed by atoms with E-state index in [1.165, 1.54) is 6.41 Å². The van der Waals surface area contributed by atoms with Crippen LogP contribution in [0.5, 0.6) is 0 Å². The minimum Gasteiger partial charge on any atom is -0.339 e. The topological polar surface area (TPSA) is 29.1 Å². The van der Waals surface area contributed by atoms with Gasteiger partial charge in [0, 0.05) is 6.42 Å². The maximum absolute atomic E-state index is 11.7. The first-order valence-electron chi connectivity index (χ1n) is 2.17. The van der Waals surface area contributed by atoms with Crippen LogP contribution in [0.1, 0.15) is 6.42 Å². The van der Waals surface area contributed by atoms with Gasteiger partial charge in [-0.2, -0.15) is 0 Å². The van der Waals surface area contributed by atoms with E-state index in [0.717, 1.165) is 0 Å². The highest BCUT2D eigenvalue weighted by Gasteiger charge is 2.57. The summed E-state index contributed by atoms with van der Waals surface area (Å²) in [6.45, 7) is 0. The Labute approximate surface area is 44.9 Å². The maximum Gasteiger partial charge on any atom is 0.309 e. The molecule has 8 heavy (non-hydrogen) atoms. The molecule has 0 aromatic heterocycles. The summed E-state index contributed by atoms with van der Waals surface area (Å²) in [7, 11) is 0. The van der Waals surface area contributed by atoms with Crippen molar-refractivity contribution in [1.82, 2.24) is 5.32 Å². The second kappa shape index (κ2) is 1.40. The van der Waals surface area contributed by atoms with Crippen molar-refractivity contribution in [2.75, 3.05) is 0 Å². The molecule has 0 spiro atoms. The minimum absolute atomic E-state index is 0.234. The van der Waals surface area contributed by atoms with Gasteiger partial charge in [0.05, 0.1) is 6.04 Å². The van der Waals surface area contributed by atoms with Crippen molar-refractivity contribution in [1.29, 1.82) is 0 Å². The zero-order valence-electron chi connectivity index (χ0n) is 3.95. The Kier molecular flexibility index (Phi) is 0.957. The quantitative estimate of drug-likeness (QED) is 0.512. The lowest BCUT2D eigenvalue weighted by molar-refractivity contribution is 0.109. The van der Waals surface area contributed by atoms with Crippen molar-refractivity contribution in [3.8, 4) is 0 Å².